The summed E-state index contributed by atoms with van der Waals surface area (Å²) < 4.78 is -0.831. The molecule has 1 saturated carbocycles. The molecule has 0 aromatic heterocycles. The molecular weight excluding hydrogens is 448 g/mol. The lowest BCUT2D eigenvalue weighted by molar-refractivity contribution is -0.144. The van der Waals surface area contributed by atoms with Crippen molar-refractivity contribution in [1.82, 2.24) is 0 Å². The molecule has 1 rings (SSSR count). The Hall–Kier alpha value is 1.39. The highest BCUT2D eigenvalue weighted by Gasteiger charge is 2.76. The third-order valence-corrected chi connectivity index (χ3v) is 9.05. The Labute approximate surface area is 117 Å². The Kier molecular flexibility index (Phi) is 3.56. The van der Waals surface area contributed by atoms with Crippen LogP contribution in [-0.2, 0) is 4.79 Å². The highest BCUT2D eigenvalue weighted by Crippen LogP contribution is 2.74. The van der Waals surface area contributed by atoms with Crippen LogP contribution in [0.4, 0.5) is 0 Å². The van der Waals surface area contributed by atoms with Gasteiger partial charge in [-0.15, -0.1) is 0 Å². The summed E-state index contributed by atoms with van der Waals surface area (Å²) in [6, 6.07) is 0. The van der Waals surface area contributed by atoms with Gasteiger partial charge in [-0.05, 0) is 11.8 Å². The van der Waals surface area contributed by atoms with Gasteiger partial charge in [0, 0.05) is 0 Å². The van der Waals surface area contributed by atoms with E-state index in [1.54, 1.807) is 0 Å². The molecule has 1 aliphatic rings. The van der Waals surface area contributed by atoms with Crippen molar-refractivity contribution in [3.8, 4) is 0 Å². The average Bonchev–Trinajstić information content (AvgIpc) is 2.55. The molecule has 1 atom stereocenters. The molecule has 0 spiro atoms. The van der Waals surface area contributed by atoms with Crippen molar-refractivity contribution in [1.29, 1.82) is 0 Å². The van der Waals surface area contributed by atoms with Crippen molar-refractivity contribution in [2.24, 2.45) is 10.8 Å². The molecule has 0 aromatic carbocycles. The summed E-state index contributed by atoms with van der Waals surface area (Å²) in [7, 11) is 0. The Morgan fingerprint density at radius 3 is 1.86 bits per heavy atom. The maximum atomic E-state index is 11.3. The zero-order chi connectivity index (χ0) is 11.4. The third-order valence-electron chi connectivity index (χ3n) is 2.95. The van der Waals surface area contributed by atoms with Gasteiger partial charge in [-0.2, -0.15) is 0 Å². The lowest BCUT2D eigenvalue weighted by Gasteiger charge is -2.32. The lowest BCUT2D eigenvalue weighted by Crippen LogP contribution is -2.41. The summed E-state index contributed by atoms with van der Waals surface area (Å²) in [6.45, 7) is 3.92. The first kappa shape index (κ1) is 13.5. The van der Waals surface area contributed by atoms with Crippen LogP contribution in [0.5, 0.6) is 0 Å². The van der Waals surface area contributed by atoms with E-state index in [2.05, 4.69) is 63.7 Å². The molecule has 1 unspecified atom stereocenters. The number of aliphatic carboxylic acids is 1. The smallest absolute Gasteiger partial charge is 0.312 e. The van der Waals surface area contributed by atoms with Gasteiger partial charge in [0.1, 0.15) is 8.65 Å². The van der Waals surface area contributed by atoms with E-state index in [-0.39, 0.29) is 9.15 Å². The second-order valence-electron chi connectivity index (χ2n) is 4.19. The predicted octanol–water partition coefficient (Wildman–Crippen LogP) is 4.09. The number of carboxylic acid groups (broad SMARTS) is 1. The van der Waals surface area contributed by atoms with E-state index < -0.39 is 14.6 Å². The third kappa shape index (κ3) is 1.64. The topological polar surface area (TPSA) is 37.3 Å². The molecule has 0 aromatic rings. The Morgan fingerprint density at radius 1 is 1.43 bits per heavy atom. The van der Waals surface area contributed by atoms with Gasteiger partial charge in [0.15, 0.2) is 0 Å². The molecule has 6 heteroatoms. The first-order valence-corrected chi connectivity index (χ1v) is 7.41. The quantitative estimate of drug-likeness (QED) is 0.648. The first-order chi connectivity index (χ1) is 6.09. The molecule has 0 heterocycles. The van der Waals surface area contributed by atoms with E-state index in [0.717, 1.165) is 0 Å². The van der Waals surface area contributed by atoms with Crippen molar-refractivity contribution < 1.29 is 9.90 Å². The van der Waals surface area contributed by atoms with E-state index >= 15 is 0 Å². The monoisotopic (exact) mass is 454 g/mol. The highest BCUT2D eigenvalue weighted by molar-refractivity contribution is 9.30. The fourth-order valence-corrected chi connectivity index (χ4v) is 4.36. The van der Waals surface area contributed by atoms with E-state index in [1.165, 1.54) is 0 Å². The Morgan fingerprint density at radius 2 is 1.79 bits per heavy atom. The minimum atomic E-state index is -0.780. The van der Waals surface area contributed by atoms with Gasteiger partial charge in [0.2, 0.25) is 0 Å². The SMILES string of the molecule is CC1(C)CC1(C(=O)O)C(Br)(Br)C(Br)Br. The molecule has 2 nitrogen and oxygen atoms in total. The summed E-state index contributed by atoms with van der Waals surface area (Å²) in [5.74, 6) is -0.778. The molecule has 82 valence electrons. The van der Waals surface area contributed by atoms with Gasteiger partial charge in [-0.3, -0.25) is 4.79 Å². The molecule has 0 saturated heterocycles. The molecular formula is C8H10Br4O2. The number of halogens is 4. The Bertz CT molecular complexity index is 275. The zero-order valence-corrected chi connectivity index (χ0v) is 14.0. The summed E-state index contributed by atoms with van der Waals surface area (Å²) in [6.07, 6.45) is 0.652. The number of carboxylic acids is 1. The largest absolute Gasteiger partial charge is 0.481 e. The van der Waals surface area contributed by atoms with Crippen LogP contribution in [0.25, 0.3) is 0 Å². The van der Waals surface area contributed by atoms with Gasteiger partial charge in [0.25, 0.3) is 0 Å². The van der Waals surface area contributed by atoms with E-state index in [0.29, 0.717) is 6.42 Å². The van der Waals surface area contributed by atoms with E-state index in [1.807, 2.05) is 13.8 Å². The molecule has 1 aliphatic carbocycles. The van der Waals surface area contributed by atoms with Crippen LogP contribution in [0.3, 0.4) is 0 Å². The van der Waals surface area contributed by atoms with Crippen molar-refractivity contribution >= 4 is 69.7 Å². The summed E-state index contributed by atoms with van der Waals surface area (Å²) >= 11 is 13.6. The van der Waals surface area contributed by atoms with Crippen LogP contribution in [0, 0.1) is 10.8 Å². The van der Waals surface area contributed by atoms with Crippen molar-refractivity contribution in [2.45, 2.75) is 27.2 Å². The van der Waals surface area contributed by atoms with Gasteiger partial charge in [-0.1, -0.05) is 77.6 Å². The fourth-order valence-electron chi connectivity index (χ4n) is 1.88. The fraction of sp³-hybridized carbons (Fsp3) is 0.875. The minimum absolute atomic E-state index is 0.152. The average molecular weight is 458 g/mol. The number of hydrogen-bond donors (Lipinski definition) is 1. The minimum Gasteiger partial charge on any atom is -0.481 e. The van der Waals surface area contributed by atoms with Crippen LogP contribution in [-0.4, -0.2) is 18.0 Å². The van der Waals surface area contributed by atoms with Gasteiger partial charge >= 0.3 is 5.97 Å². The maximum Gasteiger partial charge on any atom is 0.312 e. The number of alkyl halides is 4. The zero-order valence-electron chi connectivity index (χ0n) is 7.65. The van der Waals surface area contributed by atoms with Crippen molar-refractivity contribution in [2.75, 3.05) is 0 Å². The molecule has 1 N–H and O–H groups in total. The first-order valence-electron chi connectivity index (χ1n) is 3.99. The van der Waals surface area contributed by atoms with Crippen molar-refractivity contribution in [3.63, 3.8) is 0 Å². The molecule has 0 radical (unpaired) electrons. The maximum absolute atomic E-state index is 11.3. The molecule has 1 fully saturated rings. The number of rotatable bonds is 3. The highest BCUT2D eigenvalue weighted by atomic mass is 79.9. The lowest BCUT2D eigenvalue weighted by atomic mass is 9.93. The van der Waals surface area contributed by atoms with Crippen LogP contribution >= 0.6 is 63.7 Å². The number of carbonyl (C=O) groups is 1. The second-order valence-corrected chi connectivity index (χ2v) is 10.8. The molecule has 0 aliphatic heterocycles. The predicted molar refractivity (Wildman–Crippen MR) is 70.7 cm³/mol. The van der Waals surface area contributed by atoms with E-state index in [4.69, 9.17) is 0 Å². The van der Waals surface area contributed by atoms with E-state index in [9.17, 15) is 9.90 Å². The number of hydrogen-bond acceptors (Lipinski definition) is 1. The summed E-state index contributed by atoms with van der Waals surface area (Å²) in [5.41, 5.74) is -0.983. The Balaban J connectivity index is 3.11. The van der Waals surface area contributed by atoms with Crippen LogP contribution in [0.15, 0.2) is 0 Å². The van der Waals surface area contributed by atoms with Crippen LogP contribution in [0.1, 0.15) is 20.3 Å². The summed E-state index contributed by atoms with van der Waals surface area (Å²) in [5, 5.41) is 9.32. The standard InChI is InChI=1S/C8H10Br4O2/c1-6(2)3-7(6,5(13)14)8(11,12)4(9)10/h4H,3H2,1-2H3,(H,13,14). The summed E-state index contributed by atoms with van der Waals surface area (Å²) in [4.78, 5) is 11.3. The molecule has 0 bridgehead atoms. The second kappa shape index (κ2) is 3.70. The van der Waals surface area contributed by atoms with Crippen LogP contribution < -0.4 is 0 Å². The normalized spacial score (nSPS) is 30.5. The van der Waals surface area contributed by atoms with Gasteiger partial charge in [0.05, 0.1) is 3.74 Å². The van der Waals surface area contributed by atoms with Crippen molar-refractivity contribution in [3.05, 3.63) is 0 Å². The molecule has 14 heavy (non-hydrogen) atoms. The molecule has 0 amide bonds. The van der Waals surface area contributed by atoms with Crippen LogP contribution in [0.2, 0.25) is 0 Å². The van der Waals surface area contributed by atoms with Gasteiger partial charge < -0.3 is 5.11 Å². The van der Waals surface area contributed by atoms with Gasteiger partial charge in [-0.25, -0.2) is 0 Å².